The molecule has 0 aliphatic heterocycles. The first-order chi connectivity index (χ1) is 11.8. The van der Waals surface area contributed by atoms with Gasteiger partial charge in [0.05, 0.1) is 0 Å². The number of carbonyl (C=O) groups is 3. The van der Waals surface area contributed by atoms with Gasteiger partial charge in [-0.1, -0.05) is 19.4 Å². The van der Waals surface area contributed by atoms with Crippen LogP contribution in [0, 0.1) is 34.5 Å². The Hall–Kier alpha value is -1.45. The van der Waals surface area contributed by atoms with Crippen molar-refractivity contribution in [3.05, 3.63) is 11.6 Å². The molecule has 0 saturated heterocycles. The van der Waals surface area contributed by atoms with E-state index in [1.165, 1.54) is 5.57 Å². The number of carboxylic acid groups (broad SMARTS) is 1. The van der Waals surface area contributed by atoms with Crippen LogP contribution in [0.1, 0.15) is 65.2 Å². The molecule has 0 aromatic heterocycles. The third-order valence-electron chi connectivity index (χ3n) is 8.49. The fourth-order valence-electron chi connectivity index (χ4n) is 7.14. The van der Waals surface area contributed by atoms with Crippen molar-refractivity contribution in [3.63, 3.8) is 0 Å². The van der Waals surface area contributed by atoms with Gasteiger partial charge in [-0.05, 0) is 79.6 Å². The van der Waals surface area contributed by atoms with Gasteiger partial charge in [-0.15, -0.1) is 0 Å². The zero-order valence-corrected chi connectivity index (χ0v) is 15.2. The average Bonchev–Trinajstić information content (AvgIpc) is 2.92. The van der Waals surface area contributed by atoms with Crippen LogP contribution in [-0.2, 0) is 14.4 Å². The van der Waals surface area contributed by atoms with Crippen LogP contribution in [0.4, 0.5) is 0 Å². The average molecular weight is 344 g/mol. The lowest BCUT2D eigenvalue weighted by atomic mass is 9.46. The summed E-state index contributed by atoms with van der Waals surface area (Å²) in [5.74, 6) is -0.267. The number of rotatable bonds is 2. The second-order valence-corrected chi connectivity index (χ2v) is 9.31. The number of carbonyl (C=O) groups excluding carboxylic acids is 2. The molecular weight excluding hydrogens is 316 g/mol. The van der Waals surface area contributed by atoms with Crippen LogP contribution in [0.2, 0.25) is 0 Å². The van der Waals surface area contributed by atoms with Crippen LogP contribution in [0.15, 0.2) is 11.6 Å². The highest BCUT2D eigenvalue weighted by molar-refractivity contribution is 6.33. The summed E-state index contributed by atoms with van der Waals surface area (Å²) >= 11 is 0. The molecule has 0 heterocycles. The Morgan fingerprint density at radius 2 is 1.80 bits per heavy atom. The van der Waals surface area contributed by atoms with Gasteiger partial charge in [0.25, 0.3) is 0 Å². The SMILES string of the molecule is C[C@]12CC[C@H]3[C@@H](CCC4=CC(=O)CC[C@@]43C)[C@@H]1CC[C@@H]2C(=O)C(=O)O. The lowest BCUT2D eigenvalue weighted by Crippen LogP contribution is -2.51. The highest BCUT2D eigenvalue weighted by atomic mass is 16.4. The van der Waals surface area contributed by atoms with E-state index < -0.39 is 11.8 Å². The molecule has 1 N–H and O–H groups in total. The van der Waals surface area contributed by atoms with E-state index in [0.717, 1.165) is 44.9 Å². The fourth-order valence-corrected chi connectivity index (χ4v) is 7.14. The Labute approximate surface area is 149 Å². The molecule has 3 saturated carbocycles. The summed E-state index contributed by atoms with van der Waals surface area (Å²) in [5.41, 5.74) is 1.33. The van der Waals surface area contributed by atoms with Crippen molar-refractivity contribution >= 4 is 17.5 Å². The summed E-state index contributed by atoms with van der Waals surface area (Å²) in [6.07, 6.45) is 9.33. The summed E-state index contributed by atoms with van der Waals surface area (Å²) < 4.78 is 0. The number of allylic oxidation sites excluding steroid dienone is 1. The minimum absolute atomic E-state index is 0.132. The predicted octanol–water partition coefficient (Wildman–Crippen LogP) is 3.79. The molecule has 0 bridgehead atoms. The first-order valence-electron chi connectivity index (χ1n) is 9.78. The maximum Gasteiger partial charge on any atom is 0.372 e. The first kappa shape index (κ1) is 17.0. The number of carboxylic acids is 1. The smallest absolute Gasteiger partial charge is 0.372 e. The van der Waals surface area contributed by atoms with Crippen molar-refractivity contribution in [2.45, 2.75) is 65.2 Å². The Kier molecular flexibility index (Phi) is 3.75. The van der Waals surface area contributed by atoms with E-state index in [2.05, 4.69) is 13.8 Å². The Morgan fingerprint density at radius 3 is 2.52 bits per heavy atom. The lowest BCUT2D eigenvalue weighted by Gasteiger charge is -2.58. The molecule has 0 aromatic carbocycles. The monoisotopic (exact) mass is 344 g/mol. The van der Waals surface area contributed by atoms with Gasteiger partial charge in [0.1, 0.15) is 0 Å². The number of hydrogen-bond acceptors (Lipinski definition) is 3. The number of fused-ring (bicyclic) bond motifs is 5. The van der Waals surface area contributed by atoms with Crippen LogP contribution >= 0.6 is 0 Å². The standard InChI is InChI=1S/C21H28O4/c1-20-9-7-13(22)11-12(20)3-4-14-15-5-6-17(18(23)19(24)25)21(15,2)10-8-16(14)20/h11,14-17H,3-10H2,1-2H3,(H,24,25)/t14-,15-,16-,17+,20-,21-/m0/s1. The van der Waals surface area contributed by atoms with Gasteiger partial charge in [0.2, 0.25) is 5.78 Å². The minimum atomic E-state index is -1.26. The van der Waals surface area contributed by atoms with Gasteiger partial charge in [-0.3, -0.25) is 9.59 Å². The highest BCUT2D eigenvalue weighted by Gasteiger charge is 2.60. The van der Waals surface area contributed by atoms with Gasteiger partial charge >= 0.3 is 5.97 Å². The molecule has 6 atom stereocenters. The lowest BCUT2D eigenvalue weighted by molar-refractivity contribution is -0.154. The van der Waals surface area contributed by atoms with Crippen LogP contribution in [0.3, 0.4) is 0 Å². The van der Waals surface area contributed by atoms with E-state index in [9.17, 15) is 19.5 Å². The van der Waals surface area contributed by atoms with Crippen LogP contribution in [0.25, 0.3) is 0 Å². The summed E-state index contributed by atoms with van der Waals surface area (Å²) in [5, 5.41) is 9.21. The molecule has 4 rings (SSSR count). The maximum atomic E-state index is 12.2. The largest absolute Gasteiger partial charge is 0.475 e. The van der Waals surface area contributed by atoms with E-state index in [0.29, 0.717) is 24.2 Å². The maximum absolute atomic E-state index is 12.2. The third-order valence-corrected chi connectivity index (χ3v) is 8.49. The van der Waals surface area contributed by atoms with E-state index in [4.69, 9.17) is 0 Å². The fraction of sp³-hybridized carbons (Fsp3) is 0.762. The topological polar surface area (TPSA) is 71.4 Å². The number of hydrogen-bond donors (Lipinski definition) is 1. The normalized spacial score (nSPS) is 45.8. The molecule has 0 spiro atoms. The zero-order chi connectivity index (χ0) is 18.0. The number of ketones is 2. The van der Waals surface area contributed by atoms with Crippen LogP contribution < -0.4 is 0 Å². The Bertz CT molecular complexity index is 677. The highest BCUT2D eigenvalue weighted by Crippen LogP contribution is 2.66. The van der Waals surface area contributed by atoms with Crippen molar-refractivity contribution in [1.82, 2.24) is 0 Å². The van der Waals surface area contributed by atoms with E-state index in [1.807, 2.05) is 6.08 Å². The van der Waals surface area contributed by atoms with Gasteiger partial charge in [0.15, 0.2) is 5.78 Å². The second kappa shape index (κ2) is 5.52. The molecule has 4 nitrogen and oxygen atoms in total. The van der Waals surface area contributed by atoms with Crippen LogP contribution in [0.5, 0.6) is 0 Å². The van der Waals surface area contributed by atoms with Crippen molar-refractivity contribution in [3.8, 4) is 0 Å². The van der Waals surface area contributed by atoms with Crippen molar-refractivity contribution in [1.29, 1.82) is 0 Å². The molecule has 3 fully saturated rings. The molecule has 0 radical (unpaired) electrons. The summed E-state index contributed by atoms with van der Waals surface area (Å²) in [7, 11) is 0. The van der Waals surface area contributed by atoms with E-state index >= 15 is 0 Å². The van der Waals surface area contributed by atoms with Crippen molar-refractivity contribution in [2.24, 2.45) is 34.5 Å². The Balaban J connectivity index is 1.65. The van der Waals surface area contributed by atoms with Crippen molar-refractivity contribution < 1.29 is 19.5 Å². The predicted molar refractivity (Wildman–Crippen MR) is 92.8 cm³/mol. The van der Waals surface area contributed by atoms with Gasteiger partial charge in [-0.25, -0.2) is 4.79 Å². The van der Waals surface area contributed by atoms with E-state index in [-0.39, 0.29) is 22.5 Å². The number of aliphatic carboxylic acids is 1. The van der Waals surface area contributed by atoms with Gasteiger partial charge in [0, 0.05) is 12.3 Å². The molecule has 0 aromatic rings. The molecule has 0 unspecified atom stereocenters. The first-order valence-corrected chi connectivity index (χ1v) is 9.78. The summed E-state index contributed by atoms with van der Waals surface area (Å²) in [4.78, 5) is 35.4. The zero-order valence-electron chi connectivity index (χ0n) is 15.2. The van der Waals surface area contributed by atoms with Crippen LogP contribution in [-0.4, -0.2) is 22.6 Å². The quantitative estimate of drug-likeness (QED) is 0.774. The number of Topliss-reactive ketones (excluding diaryl/α,β-unsaturated/α-hetero) is 1. The molecular formula is C21H28O4. The van der Waals surface area contributed by atoms with Gasteiger partial charge < -0.3 is 5.11 Å². The van der Waals surface area contributed by atoms with E-state index in [1.54, 1.807) is 0 Å². The summed E-state index contributed by atoms with van der Waals surface area (Å²) in [6, 6.07) is 0. The molecule has 4 aliphatic rings. The summed E-state index contributed by atoms with van der Waals surface area (Å²) in [6.45, 7) is 4.52. The van der Waals surface area contributed by atoms with Crippen molar-refractivity contribution in [2.75, 3.05) is 0 Å². The molecule has 4 aliphatic carbocycles. The second-order valence-electron chi connectivity index (χ2n) is 9.31. The molecule has 25 heavy (non-hydrogen) atoms. The Morgan fingerprint density at radius 1 is 1.04 bits per heavy atom. The minimum Gasteiger partial charge on any atom is -0.475 e. The molecule has 4 heteroatoms. The van der Waals surface area contributed by atoms with Gasteiger partial charge in [-0.2, -0.15) is 0 Å². The molecule has 136 valence electrons. The third kappa shape index (κ3) is 2.29. The molecule has 0 amide bonds.